The zero-order chi connectivity index (χ0) is 17.7. The van der Waals surface area contributed by atoms with Gasteiger partial charge in [-0.1, -0.05) is 0 Å². The van der Waals surface area contributed by atoms with Crippen molar-refractivity contribution in [2.75, 3.05) is 13.1 Å². The molecule has 0 saturated carbocycles. The molecule has 0 aromatic heterocycles. The Bertz CT molecular complexity index is 199. The number of carbonyl (C=O) groups is 4. The Morgan fingerprint density at radius 2 is 0.636 bits per heavy atom. The van der Waals surface area contributed by atoms with Gasteiger partial charge in [-0.25, -0.2) is 0 Å². The molecule has 0 aromatic carbocycles. The number of rotatable bonds is 1. The van der Waals surface area contributed by atoms with E-state index in [0.717, 1.165) is 27.7 Å². The SMILES string of the molecule is CC(=O)O.CC(=O)O.CC(=O)O.CC(=O)O.NCCN.[Ca].[Ca]. The molecular weight excluding hydrogens is 356 g/mol. The van der Waals surface area contributed by atoms with Crippen molar-refractivity contribution in [2.24, 2.45) is 11.5 Å². The molecule has 0 aromatic rings. The van der Waals surface area contributed by atoms with E-state index in [1.165, 1.54) is 0 Å². The van der Waals surface area contributed by atoms with Crippen molar-refractivity contribution in [3.05, 3.63) is 0 Å². The zero-order valence-corrected chi connectivity index (χ0v) is 17.8. The van der Waals surface area contributed by atoms with Crippen LogP contribution in [0.2, 0.25) is 0 Å². The topological polar surface area (TPSA) is 201 Å². The van der Waals surface area contributed by atoms with Gasteiger partial charge in [-0.2, -0.15) is 0 Å². The maximum atomic E-state index is 9.00. The molecule has 8 N–H and O–H groups in total. The number of aliphatic carboxylic acids is 4. The smallest absolute Gasteiger partial charge is 0.300 e. The molecule has 0 atom stereocenters. The maximum absolute atomic E-state index is 9.00. The van der Waals surface area contributed by atoms with Gasteiger partial charge >= 0.3 is 0 Å². The molecule has 126 valence electrons. The number of nitrogens with two attached hydrogens (primary N) is 2. The van der Waals surface area contributed by atoms with Crippen molar-refractivity contribution >= 4 is 99.4 Å². The predicted molar refractivity (Wildman–Crippen MR) is 82.9 cm³/mol. The van der Waals surface area contributed by atoms with E-state index in [1.807, 2.05) is 0 Å². The van der Waals surface area contributed by atoms with E-state index < -0.39 is 23.9 Å². The third kappa shape index (κ3) is 4360. The molecule has 0 fully saturated rings. The molecule has 0 aliphatic heterocycles. The summed E-state index contributed by atoms with van der Waals surface area (Å²) >= 11 is 0. The summed E-state index contributed by atoms with van der Waals surface area (Å²) in [4.78, 5) is 36.0. The molecule has 0 amide bonds. The predicted octanol–water partition coefficient (Wildman–Crippen LogP) is -1.49. The summed E-state index contributed by atoms with van der Waals surface area (Å²) in [7, 11) is 0. The molecule has 0 rings (SSSR count). The van der Waals surface area contributed by atoms with Gasteiger partial charge in [0.1, 0.15) is 0 Å². The summed E-state index contributed by atoms with van der Waals surface area (Å²) in [6, 6.07) is 0. The molecule has 22 heavy (non-hydrogen) atoms. The Labute approximate surface area is 189 Å². The monoisotopic (exact) mass is 380 g/mol. The quantitative estimate of drug-likeness (QED) is 0.291. The number of hydrogen-bond acceptors (Lipinski definition) is 6. The van der Waals surface area contributed by atoms with Gasteiger partial charge in [0.2, 0.25) is 0 Å². The average Bonchev–Trinajstić information content (AvgIpc) is 2.13. The normalized spacial score (nSPS) is 5.91. The minimum atomic E-state index is -0.833. The second-order valence-corrected chi connectivity index (χ2v) is 2.65. The van der Waals surface area contributed by atoms with Crippen LogP contribution >= 0.6 is 0 Å². The first-order valence-electron chi connectivity index (χ1n) is 5.03. The van der Waals surface area contributed by atoms with Crippen LogP contribution in [0.25, 0.3) is 0 Å². The van der Waals surface area contributed by atoms with Gasteiger partial charge in [0, 0.05) is 116 Å². The van der Waals surface area contributed by atoms with Crippen molar-refractivity contribution in [1.82, 2.24) is 0 Å². The van der Waals surface area contributed by atoms with Gasteiger partial charge in [0.15, 0.2) is 0 Å². The van der Waals surface area contributed by atoms with Crippen LogP contribution in [0.1, 0.15) is 27.7 Å². The van der Waals surface area contributed by atoms with E-state index >= 15 is 0 Å². The third-order valence-electron chi connectivity index (χ3n) is 0.167. The Morgan fingerprint density at radius 3 is 0.636 bits per heavy atom. The van der Waals surface area contributed by atoms with E-state index in [-0.39, 0.29) is 75.5 Å². The molecule has 0 unspecified atom stereocenters. The minimum absolute atomic E-state index is 0. The largest absolute Gasteiger partial charge is 0.481 e. The van der Waals surface area contributed by atoms with Gasteiger partial charge in [-0.05, 0) is 0 Å². The number of carboxylic acids is 4. The zero-order valence-electron chi connectivity index (χ0n) is 13.4. The molecule has 0 heterocycles. The third-order valence-corrected chi connectivity index (χ3v) is 0.167. The van der Waals surface area contributed by atoms with Gasteiger partial charge in [-0.15, -0.1) is 0 Å². The first kappa shape index (κ1) is 43.2. The summed E-state index contributed by atoms with van der Waals surface area (Å²) < 4.78 is 0. The van der Waals surface area contributed by atoms with E-state index in [9.17, 15) is 0 Å². The molecule has 0 saturated heterocycles. The van der Waals surface area contributed by atoms with Gasteiger partial charge in [-0.3, -0.25) is 19.2 Å². The van der Waals surface area contributed by atoms with E-state index in [2.05, 4.69) is 0 Å². The molecule has 0 bridgehead atoms. The van der Waals surface area contributed by atoms with E-state index in [4.69, 9.17) is 51.1 Å². The molecule has 4 radical (unpaired) electrons. The van der Waals surface area contributed by atoms with Crippen LogP contribution in [0.4, 0.5) is 0 Å². The first-order valence-corrected chi connectivity index (χ1v) is 5.03. The molecule has 12 heteroatoms. The average molecular weight is 380 g/mol. The molecular formula is C10H24Ca2N2O8. The van der Waals surface area contributed by atoms with Crippen molar-refractivity contribution in [2.45, 2.75) is 27.7 Å². The summed E-state index contributed by atoms with van der Waals surface area (Å²) in [6.07, 6.45) is 0. The molecule has 0 aliphatic carbocycles. The Morgan fingerprint density at radius 1 is 0.591 bits per heavy atom. The van der Waals surface area contributed by atoms with Crippen LogP contribution in [0.15, 0.2) is 0 Å². The summed E-state index contributed by atoms with van der Waals surface area (Å²) in [5.41, 5.74) is 9.81. The van der Waals surface area contributed by atoms with Gasteiger partial charge < -0.3 is 31.9 Å². The van der Waals surface area contributed by atoms with Crippen molar-refractivity contribution in [1.29, 1.82) is 0 Å². The molecule has 10 nitrogen and oxygen atoms in total. The first-order chi connectivity index (χ1) is 8.84. The van der Waals surface area contributed by atoms with Gasteiger partial charge in [0.05, 0.1) is 0 Å². The van der Waals surface area contributed by atoms with Crippen LogP contribution < -0.4 is 11.5 Å². The van der Waals surface area contributed by atoms with Crippen molar-refractivity contribution in [3.63, 3.8) is 0 Å². The Hall–Kier alpha value is 0.319. The van der Waals surface area contributed by atoms with E-state index in [1.54, 1.807) is 0 Å². The second kappa shape index (κ2) is 42.9. The Balaban J connectivity index is -0.0000000250. The van der Waals surface area contributed by atoms with Gasteiger partial charge in [0.25, 0.3) is 23.9 Å². The standard InChI is InChI=1S/C2H8N2.4C2H4O2.2Ca/c3-1-2-4;4*1-2(3)4;;/h1-4H2;4*1H3,(H,3,4);;. The fourth-order valence-corrected chi connectivity index (χ4v) is 0. The Kier molecular flexibility index (Phi) is 84.3. The fourth-order valence-electron chi connectivity index (χ4n) is 0. The summed E-state index contributed by atoms with van der Waals surface area (Å²) in [5.74, 6) is -3.33. The summed E-state index contributed by atoms with van der Waals surface area (Å²) in [5, 5.41) is 29.7. The summed E-state index contributed by atoms with van der Waals surface area (Å²) in [6.45, 7) is 5.53. The fraction of sp³-hybridized carbons (Fsp3) is 0.600. The maximum Gasteiger partial charge on any atom is 0.300 e. The van der Waals surface area contributed by atoms with Crippen molar-refractivity contribution in [3.8, 4) is 0 Å². The minimum Gasteiger partial charge on any atom is -0.481 e. The van der Waals surface area contributed by atoms with Crippen LogP contribution in [0, 0.1) is 0 Å². The van der Waals surface area contributed by atoms with Crippen LogP contribution in [-0.4, -0.2) is 133 Å². The number of carboxylic acid groups (broad SMARTS) is 4. The second-order valence-electron chi connectivity index (χ2n) is 2.65. The van der Waals surface area contributed by atoms with Crippen LogP contribution in [0.5, 0.6) is 0 Å². The van der Waals surface area contributed by atoms with Crippen LogP contribution in [0.3, 0.4) is 0 Å². The van der Waals surface area contributed by atoms with E-state index in [0.29, 0.717) is 13.1 Å². The number of hydrogen-bond donors (Lipinski definition) is 6. The van der Waals surface area contributed by atoms with Crippen LogP contribution in [-0.2, 0) is 19.2 Å². The van der Waals surface area contributed by atoms with Crippen molar-refractivity contribution < 1.29 is 39.6 Å². The molecule has 0 aliphatic rings. The molecule has 0 spiro atoms.